The van der Waals surface area contributed by atoms with Crippen LogP contribution in [0.2, 0.25) is 0 Å². The normalized spacial score (nSPS) is 23.1. The van der Waals surface area contributed by atoms with E-state index in [9.17, 15) is 5.11 Å². The van der Waals surface area contributed by atoms with Crippen LogP contribution in [0.25, 0.3) is 0 Å². The van der Waals surface area contributed by atoms with E-state index in [-0.39, 0.29) is 11.3 Å². The fraction of sp³-hybridized carbons (Fsp3) is 1.00. The minimum Gasteiger partial charge on any atom is -0.368 e. The predicted octanol–water partition coefficient (Wildman–Crippen LogP) is 3.73. The number of aliphatic hydroxyl groups excluding tert-OH is 1. The summed E-state index contributed by atoms with van der Waals surface area (Å²) in [6.07, 6.45) is 6.75. The fourth-order valence-corrected chi connectivity index (χ4v) is 2.73. The van der Waals surface area contributed by atoms with E-state index in [4.69, 9.17) is 4.74 Å². The summed E-state index contributed by atoms with van der Waals surface area (Å²) in [6, 6.07) is 0. The van der Waals surface area contributed by atoms with Gasteiger partial charge in [-0.15, -0.1) is 0 Å². The summed E-state index contributed by atoms with van der Waals surface area (Å²) in [5, 5.41) is 10.2. The molecule has 0 spiro atoms. The minimum absolute atomic E-state index is 0.114. The average Bonchev–Trinajstić information content (AvgIpc) is 2.17. The van der Waals surface area contributed by atoms with Crippen molar-refractivity contribution in [3.8, 4) is 0 Å². The molecule has 1 rings (SSSR count). The highest BCUT2D eigenvalue weighted by molar-refractivity contribution is 4.76. The van der Waals surface area contributed by atoms with Crippen molar-refractivity contribution in [1.29, 1.82) is 0 Å². The summed E-state index contributed by atoms with van der Waals surface area (Å²) >= 11 is 0. The van der Waals surface area contributed by atoms with Gasteiger partial charge in [0.2, 0.25) is 0 Å². The Hall–Kier alpha value is -0.0800. The number of hydrogen-bond donors (Lipinski definition) is 1. The topological polar surface area (TPSA) is 29.5 Å². The summed E-state index contributed by atoms with van der Waals surface area (Å²) in [4.78, 5) is 0. The lowest BCUT2D eigenvalue weighted by Gasteiger charge is -2.36. The number of hydrogen-bond acceptors (Lipinski definition) is 2. The molecule has 1 aliphatic rings. The van der Waals surface area contributed by atoms with Gasteiger partial charge in [-0.2, -0.15) is 0 Å². The van der Waals surface area contributed by atoms with E-state index < -0.39 is 6.29 Å². The standard InChI is InChI=1S/C14H28O2/c1-5-12(14(2,3)4)13(15)16-11-9-7-6-8-10-11/h11-13,15H,5-10H2,1-4H3/t12-,13-/m1/s1. The molecule has 0 saturated heterocycles. The van der Waals surface area contributed by atoms with Gasteiger partial charge in [-0.25, -0.2) is 0 Å². The molecule has 0 amide bonds. The molecule has 0 radical (unpaired) electrons. The van der Waals surface area contributed by atoms with Crippen molar-refractivity contribution in [3.05, 3.63) is 0 Å². The lowest BCUT2D eigenvalue weighted by Crippen LogP contribution is -2.36. The Morgan fingerprint density at radius 3 is 2.19 bits per heavy atom. The molecular formula is C14H28O2. The molecule has 0 aromatic heterocycles. The van der Waals surface area contributed by atoms with Crippen molar-refractivity contribution in [1.82, 2.24) is 0 Å². The van der Waals surface area contributed by atoms with Crippen LogP contribution in [0.4, 0.5) is 0 Å². The Balaban J connectivity index is 2.45. The Bertz CT molecular complexity index is 189. The van der Waals surface area contributed by atoms with E-state index in [1.165, 1.54) is 19.3 Å². The third kappa shape index (κ3) is 4.06. The van der Waals surface area contributed by atoms with Gasteiger partial charge in [-0.1, -0.05) is 47.0 Å². The van der Waals surface area contributed by atoms with Gasteiger partial charge >= 0.3 is 0 Å². The molecule has 2 heteroatoms. The van der Waals surface area contributed by atoms with Gasteiger partial charge in [-0.05, 0) is 24.7 Å². The zero-order valence-electron chi connectivity index (χ0n) is 11.3. The first-order valence-corrected chi connectivity index (χ1v) is 6.78. The number of aliphatic hydroxyl groups is 1. The molecule has 0 aromatic carbocycles. The van der Waals surface area contributed by atoms with Crippen LogP contribution in [0.5, 0.6) is 0 Å². The Labute approximate surface area is 100 Å². The van der Waals surface area contributed by atoms with E-state index in [1.807, 2.05) is 0 Å². The van der Waals surface area contributed by atoms with Crippen molar-refractivity contribution < 1.29 is 9.84 Å². The van der Waals surface area contributed by atoms with Gasteiger partial charge < -0.3 is 9.84 Å². The monoisotopic (exact) mass is 228 g/mol. The highest BCUT2D eigenvalue weighted by Crippen LogP contribution is 2.33. The first-order chi connectivity index (χ1) is 7.45. The minimum atomic E-state index is -0.590. The number of ether oxygens (including phenoxy) is 1. The van der Waals surface area contributed by atoms with E-state index in [1.54, 1.807) is 0 Å². The molecule has 2 atom stereocenters. The molecule has 0 aliphatic heterocycles. The first kappa shape index (κ1) is 14.0. The second-order valence-electron chi connectivity index (χ2n) is 6.17. The predicted molar refractivity (Wildman–Crippen MR) is 67.2 cm³/mol. The summed E-state index contributed by atoms with van der Waals surface area (Å²) < 4.78 is 5.83. The van der Waals surface area contributed by atoms with E-state index in [2.05, 4.69) is 27.7 Å². The third-order valence-electron chi connectivity index (χ3n) is 3.78. The van der Waals surface area contributed by atoms with Gasteiger partial charge in [0.15, 0.2) is 6.29 Å². The van der Waals surface area contributed by atoms with Gasteiger partial charge in [0, 0.05) is 5.92 Å². The van der Waals surface area contributed by atoms with Crippen LogP contribution >= 0.6 is 0 Å². The van der Waals surface area contributed by atoms with Crippen molar-refractivity contribution in [3.63, 3.8) is 0 Å². The highest BCUT2D eigenvalue weighted by Gasteiger charge is 2.32. The van der Waals surface area contributed by atoms with Crippen LogP contribution in [0.15, 0.2) is 0 Å². The molecule has 0 aromatic rings. The first-order valence-electron chi connectivity index (χ1n) is 6.78. The van der Waals surface area contributed by atoms with Crippen LogP contribution < -0.4 is 0 Å². The van der Waals surface area contributed by atoms with Crippen molar-refractivity contribution in [2.45, 2.75) is 78.6 Å². The van der Waals surface area contributed by atoms with Crippen LogP contribution in [0.3, 0.4) is 0 Å². The van der Waals surface area contributed by atoms with E-state index in [0.717, 1.165) is 19.3 Å². The lowest BCUT2D eigenvalue weighted by molar-refractivity contribution is -0.190. The molecule has 0 unspecified atom stereocenters. The quantitative estimate of drug-likeness (QED) is 0.743. The molecular weight excluding hydrogens is 200 g/mol. The van der Waals surface area contributed by atoms with Crippen LogP contribution in [0.1, 0.15) is 66.2 Å². The van der Waals surface area contributed by atoms with Crippen LogP contribution in [-0.4, -0.2) is 17.5 Å². The summed E-state index contributed by atoms with van der Waals surface area (Å²) in [5.41, 5.74) is 0.114. The average molecular weight is 228 g/mol. The second kappa shape index (κ2) is 6.02. The molecule has 96 valence electrons. The van der Waals surface area contributed by atoms with Gasteiger partial charge in [0.05, 0.1) is 6.10 Å². The SMILES string of the molecule is CC[C@H]([C@H](O)OC1CCCCC1)C(C)(C)C. The molecule has 1 saturated carbocycles. The largest absolute Gasteiger partial charge is 0.368 e. The highest BCUT2D eigenvalue weighted by atomic mass is 16.6. The maximum atomic E-state index is 10.2. The molecule has 2 nitrogen and oxygen atoms in total. The van der Waals surface area contributed by atoms with Gasteiger partial charge in [0.25, 0.3) is 0 Å². The van der Waals surface area contributed by atoms with Crippen molar-refractivity contribution in [2.75, 3.05) is 0 Å². The van der Waals surface area contributed by atoms with Crippen molar-refractivity contribution >= 4 is 0 Å². The molecule has 16 heavy (non-hydrogen) atoms. The smallest absolute Gasteiger partial charge is 0.158 e. The zero-order valence-corrected chi connectivity index (χ0v) is 11.3. The zero-order chi connectivity index (χ0) is 12.2. The molecule has 0 bridgehead atoms. The molecule has 0 heterocycles. The third-order valence-corrected chi connectivity index (χ3v) is 3.78. The summed E-state index contributed by atoms with van der Waals surface area (Å²) in [7, 11) is 0. The fourth-order valence-electron chi connectivity index (χ4n) is 2.73. The van der Waals surface area contributed by atoms with Crippen LogP contribution in [0, 0.1) is 11.3 Å². The maximum Gasteiger partial charge on any atom is 0.158 e. The lowest BCUT2D eigenvalue weighted by atomic mass is 9.78. The molecule has 1 fully saturated rings. The Morgan fingerprint density at radius 1 is 1.19 bits per heavy atom. The second-order valence-corrected chi connectivity index (χ2v) is 6.17. The Morgan fingerprint density at radius 2 is 1.75 bits per heavy atom. The Kier molecular flexibility index (Phi) is 5.26. The van der Waals surface area contributed by atoms with E-state index >= 15 is 0 Å². The van der Waals surface area contributed by atoms with E-state index in [0.29, 0.717) is 6.10 Å². The number of rotatable bonds is 4. The maximum absolute atomic E-state index is 10.2. The van der Waals surface area contributed by atoms with Gasteiger partial charge in [-0.3, -0.25) is 0 Å². The van der Waals surface area contributed by atoms with Crippen molar-refractivity contribution in [2.24, 2.45) is 11.3 Å². The molecule has 1 N–H and O–H groups in total. The summed E-state index contributed by atoms with van der Waals surface area (Å²) in [5.74, 6) is 0.231. The molecule has 1 aliphatic carbocycles. The van der Waals surface area contributed by atoms with Gasteiger partial charge in [0.1, 0.15) is 0 Å². The summed E-state index contributed by atoms with van der Waals surface area (Å²) in [6.45, 7) is 8.65. The van der Waals surface area contributed by atoms with Crippen LogP contribution in [-0.2, 0) is 4.74 Å².